The first-order valence-electron chi connectivity index (χ1n) is 8.69. The highest BCUT2D eigenvalue weighted by molar-refractivity contribution is 7.94. The van der Waals surface area contributed by atoms with Crippen LogP contribution in [0, 0.1) is 5.41 Å². The highest BCUT2D eigenvalue weighted by Crippen LogP contribution is 2.31. The van der Waals surface area contributed by atoms with Crippen molar-refractivity contribution in [2.24, 2.45) is 10.5 Å². The molecule has 1 aromatic carbocycles. The zero-order valence-corrected chi connectivity index (χ0v) is 17.2. The fourth-order valence-electron chi connectivity index (χ4n) is 3.15. The maximum Gasteiger partial charge on any atom is 0.273 e. The van der Waals surface area contributed by atoms with Gasteiger partial charge in [-0.3, -0.25) is 14.3 Å². The van der Waals surface area contributed by atoms with Gasteiger partial charge >= 0.3 is 0 Å². The first-order chi connectivity index (χ1) is 13.2. The Hall–Kier alpha value is -2.52. The first-order valence-corrected chi connectivity index (χ1v) is 11.1. The van der Waals surface area contributed by atoms with Gasteiger partial charge in [-0.15, -0.1) is 11.3 Å². The molecule has 0 spiro atoms. The van der Waals surface area contributed by atoms with E-state index < -0.39 is 15.9 Å². The molecule has 28 heavy (non-hydrogen) atoms. The number of carbonyl (C=O) groups excluding carboxylic acids is 2. The number of amides is 1. The van der Waals surface area contributed by atoms with E-state index >= 15 is 0 Å². The van der Waals surface area contributed by atoms with E-state index in [1.54, 1.807) is 23.6 Å². The lowest BCUT2D eigenvalue weighted by molar-refractivity contribution is -0.120. The summed E-state index contributed by atoms with van der Waals surface area (Å²) in [6, 6.07) is 9.43. The van der Waals surface area contributed by atoms with Crippen molar-refractivity contribution in [3.05, 3.63) is 47.3 Å². The van der Waals surface area contributed by atoms with E-state index in [0.29, 0.717) is 18.6 Å². The third-order valence-electron chi connectivity index (χ3n) is 4.25. The Balaban J connectivity index is 1.78. The molecule has 0 unspecified atom stereocenters. The van der Waals surface area contributed by atoms with Crippen molar-refractivity contribution in [3.8, 4) is 0 Å². The molecule has 2 aromatic rings. The van der Waals surface area contributed by atoms with Gasteiger partial charge in [-0.2, -0.15) is 5.10 Å². The van der Waals surface area contributed by atoms with Gasteiger partial charge in [0.05, 0.1) is 11.3 Å². The van der Waals surface area contributed by atoms with Gasteiger partial charge in [0.1, 0.15) is 9.99 Å². The second-order valence-electron chi connectivity index (χ2n) is 7.44. The maximum atomic E-state index is 12.6. The average molecular weight is 420 g/mol. The summed E-state index contributed by atoms with van der Waals surface area (Å²) in [6.07, 6.45) is 1.33. The molecule has 1 heterocycles. The topological polar surface area (TPSA) is 105 Å². The van der Waals surface area contributed by atoms with Gasteiger partial charge in [0.25, 0.3) is 15.9 Å². The average Bonchev–Trinajstić information content (AvgIpc) is 3.14. The number of nitrogens with one attached hydrogen (secondary N) is 2. The Morgan fingerprint density at radius 3 is 2.57 bits per heavy atom. The number of rotatable bonds is 5. The van der Waals surface area contributed by atoms with Crippen molar-refractivity contribution >= 4 is 44.4 Å². The number of para-hydroxylation sites is 1. The number of nitrogens with zero attached hydrogens (tertiary/aromatic N) is 1. The third-order valence-corrected chi connectivity index (χ3v) is 7.01. The molecular weight excluding hydrogens is 398 g/mol. The van der Waals surface area contributed by atoms with Crippen LogP contribution in [0.4, 0.5) is 5.69 Å². The SMILES string of the molecule is CC1(C)CC(=O)C/C(=N\NC(=O)c2ccccc2NS(=O)(=O)c2cccs2)C1. The van der Waals surface area contributed by atoms with Crippen molar-refractivity contribution in [1.82, 2.24) is 5.43 Å². The highest BCUT2D eigenvalue weighted by Gasteiger charge is 2.30. The zero-order chi connectivity index (χ0) is 20.4. The van der Waals surface area contributed by atoms with Crippen LogP contribution in [-0.4, -0.2) is 25.8 Å². The third kappa shape index (κ3) is 4.85. The molecule has 0 saturated heterocycles. The molecule has 1 amide bonds. The van der Waals surface area contributed by atoms with E-state index in [-0.39, 0.29) is 33.1 Å². The minimum atomic E-state index is -3.78. The van der Waals surface area contributed by atoms with Crippen molar-refractivity contribution < 1.29 is 18.0 Å². The predicted octanol–water partition coefficient (Wildman–Crippen LogP) is 3.41. The van der Waals surface area contributed by atoms with Crippen LogP contribution in [0.3, 0.4) is 0 Å². The Morgan fingerprint density at radius 1 is 1.14 bits per heavy atom. The maximum absolute atomic E-state index is 12.6. The molecule has 1 saturated carbocycles. The molecule has 1 aliphatic rings. The van der Waals surface area contributed by atoms with Gasteiger partial charge < -0.3 is 0 Å². The lowest BCUT2D eigenvalue weighted by Gasteiger charge is -2.29. The predicted molar refractivity (Wildman–Crippen MR) is 109 cm³/mol. The number of carbonyl (C=O) groups is 2. The number of sulfonamides is 1. The number of anilines is 1. The Kier molecular flexibility index (Phi) is 5.66. The number of Topliss-reactive ketones (excluding diaryl/α,β-unsaturated/α-hetero) is 1. The molecule has 3 rings (SSSR count). The largest absolute Gasteiger partial charge is 0.299 e. The van der Waals surface area contributed by atoms with Crippen molar-refractivity contribution in [1.29, 1.82) is 0 Å². The fraction of sp³-hybridized carbons (Fsp3) is 0.316. The molecule has 0 atom stereocenters. The number of thiophene rings is 1. The molecule has 148 valence electrons. The van der Waals surface area contributed by atoms with Crippen LogP contribution in [-0.2, 0) is 14.8 Å². The lowest BCUT2D eigenvalue weighted by atomic mass is 9.76. The molecule has 1 aliphatic carbocycles. The molecule has 7 nitrogen and oxygen atoms in total. The molecule has 9 heteroatoms. The number of hydrazone groups is 1. The van der Waals surface area contributed by atoms with Crippen LogP contribution < -0.4 is 10.1 Å². The zero-order valence-electron chi connectivity index (χ0n) is 15.6. The summed E-state index contributed by atoms with van der Waals surface area (Å²) in [5, 5.41) is 5.78. The quantitative estimate of drug-likeness (QED) is 0.725. The van der Waals surface area contributed by atoms with Crippen LogP contribution in [0.15, 0.2) is 51.1 Å². The summed E-state index contributed by atoms with van der Waals surface area (Å²) in [5.41, 5.74) is 3.19. The minimum Gasteiger partial charge on any atom is -0.299 e. The van der Waals surface area contributed by atoms with Crippen molar-refractivity contribution in [2.45, 2.75) is 37.3 Å². The normalized spacial score (nSPS) is 18.1. The van der Waals surface area contributed by atoms with Crippen LogP contribution in [0.5, 0.6) is 0 Å². The standard InChI is InChI=1S/C19H21N3O4S2/c1-19(2)11-13(10-14(23)12-19)20-21-18(24)15-6-3-4-7-16(15)22-28(25,26)17-8-5-9-27-17/h3-9,22H,10-12H2,1-2H3,(H,21,24)/b20-13+. The number of hydrogen-bond acceptors (Lipinski definition) is 6. The number of benzene rings is 1. The van der Waals surface area contributed by atoms with E-state index in [9.17, 15) is 18.0 Å². The second kappa shape index (κ2) is 7.84. The van der Waals surface area contributed by atoms with Crippen molar-refractivity contribution in [2.75, 3.05) is 4.72 Å². The van der Waals surface area contributed by atoms with Gasteiger partial charge in [0.2, 0.25) is 0 Å². The van der Waals surface area contributed by atoms with Crippen LogP contribution in [0.1, 0.15) is 43.5 Å². The van der Waals surface area contributed by atoms with E-state index in [1.807, 2.05) is 13.8 Å². The lowest BCUT2D eigenvalue weighted by Crippen LogP contribution is -2.31. The molecular formula is C19H21N3O4S2. The fourth-order valence-corrected chi connectivity index (χ4v) is 5.22. The van der Waals surface area contributed by atoms with Crippen LogP contribution >= 0.6 is 11.3 Å². The highest BCUT2D eigenvalue weighted by atomic mass is 32.2. The van der Waals surface area contributed by atoms with E-state index in [0.717, 1.165) is 11.3 Å². The van der Waals surface area contributed by atoms with E-state index in [2.05, 4.69) is 15.2 Å². The Morgan fingerprint density at radius 2 is 1.89 bits per heavy atom. The van der Waals surface area contributed by atoms with Crippen LogP contribution in [0.2, 0.25) is 0 Å². The Bertz CT molecular complexity index is 1030. The minimum absolute atomic E-state index is 0.0911. The molecule has 0 aliphatic heterocycles. The van der Waals surface area contributed by atoms with Crippen LogP contribution in [0.25, 0.3) is 0 Å². The molecule has 2 N–H and O–H groups in total. The summed E-state index contributed by atoms with van der Waals surface area (Å²) in [4.78, 5) is 24.4. The number of ketones is 1. The van der Waals surface area contributed by atoms with E-state index in [1.165, 1.54) is 18.2 Å². The van der Waals surface area contributed by atoms with Gasteiger partial charge in [0.15, 0.2) is 0 Å². The molecule has 1 aromatic heterocycles. The summed E-state index contributed by atoms with van der Waals surface area (Å²) in [6.45, 7) is 3.96. The molecule has 0 bridgehead atoms. The monoisotopic (exact) mass is 419 g/mol. The molecule has 0 radical (unpaired) electrons. The summed E-state index contributed by atoms with van der Waals surface area (Å²) < 4.78 is 27.5. The summed E-state index contributed by atoms with van der Waals surface area (Å²) in [7, 11) is -3.78. The second-order valence-corrected chi connectivity index (χ2v) is 10.3. The number of hydrogen-bond donors (Lipinski definition) is 2. The van der Waals surface area contributed by atoms with Gasteiger partial charge in [-0.05, 0) is 35.4 Å². The molecule has 1 fully saturated rings. The van der Waals surface area contributed by atoms with Crippen molar-refractivity contribution in [3.63, 3.8) is 0 Å². The summed E-state index contributed by atoms with van der Waals surface area (Å²) >= 11 is 1.09. The van der Waals surface area contributed by atoms with Gasteiger partial charge in [-0.1, -0.05) is 32.0 Å². The smallest absolute Gasteiger partial charge is 0.273 e. The van der Waals surface area contributed by atoms with E-state index in [4.69, 9.17) is 0 Å². The first kappa shape index (κ1) is 20.2. The van der Waals surface area contributed by atoms with Gasteiger partial charge in [-0.25, -0.2) is 13.8 Å². The Labute approximate surface area is 167 Å². The summed E-state index contributed by atoms with van der Waals surface area (Å²) in [5.74, 6) is -0.457. The van der Waals surface area contributed by atoms with Gasteiger partial charge in [0, 0.05) is 18.6 Å².